The summed E-state index contributed by atoms with van der Waals surface area (Å²) >= 11 is 1.77. The number of nitrogens with zero attached hydrogens (tertiary/aromatic N) is 3. The molecule has 0 radical (unpaired) electrons. The molecule has 2 heterocycles. The summed E-state index contributed by atoms with van der Waals surface area (Å²) in [6.45, 7) is 4.63. The average molecular weight is 425 g/mol. The number of sulfone groups is 1. The molecule has 0 saturated carbocycles. The van der Waals surface area contributed by atoms with Crippen LogP contribution in [-0.2, 0) is 16.4 Å². The molecule has 1 saturated heterocycles. The summed E-state index contributed by atoms with van der Waals surface area (Å²) in [5, 5.41) is 5.19. The van der Waals surface area contributed by atoms with E-state index in [1.165, 1.54) is 23.1 Å². The maximum atomic E-state index is 13.8. The van der Waals surface area contributed by atoms with Crippen molar-refractivity contribution >= 4 is 27.1 Å². The first-order chi connectivity index (χ1) is 13.5. The van der Waals surface area contributed by atoms with Crippen LogP contribution in [0.2, 0.25) is 0 Å². The molecule has 1 aromatic carbocycles. The quantitative estimate of drug-likeness (QED) is 0.568. The minimum Gasteiger partial charge on any atom is -0.355 e. The number of nitrogens with one attached hydrogen (secondary N) is 1. The summed E-state index contributed by atoms with van der Waals surface area (Å²) in [7, 11) is -2.00. The van der Waals surface area contributed by atoms with Crippen LogP contribution >= 0.6 is 11.3 Å². The minimum atomic E-state index is -3.68. The second-order valence-corrected chi connectivity index (χ2v) is 9.68. The molecule has 28 heavy (non-hydrogen) atoms. The van der Waals surface area contributed by atoms with Gasteiger partial charge in [0.1, 0.15) is 10.7 Å². The van der Waals surface area contributed by atoms with Gasteiger partial charge in [-0.05, 0) is 23.6 Å². The molecule has 152 valence electrons. The molecule has 1 aliphatic heterocycles. The van der Waals surface area contributed by atoms with Crippen LogP contribution in [0.5, 0.6) is 0 Å². The highest BCUT2D eigenvalue weighted by Gasteiger charge is 2.22. The second-order valence-electron chi connectivity index (χ2n) is 6.57. The lowest BCUT2D eigenvalue weighted by Crippen LogP contribution is -2.52. The number of hydrogen-bond acceptors (Lipinski definition) is 5. The van der Waals surface area contributed by atoms with Crippen molar-refractivity contribution in [2.24, 2.45) is 4.99 Å². The van der Waals surface area contributed by atoms with Gasteiger partial charge < -0.3 is 10.2 Å². The molecule has 6 nitrogen and oxygen atoms in total. The van der Waals surface area contributed by atoms with Gasteiger partial charge in [0.25, 0.3) is 0 Å². The maximum absolute atomic E-state index is 13.8. The molecular formula is C19H25FN4O2S2. The first-order valence-corrected chi connectivity index (χ1v) is 11.7. The average Bonchev–Trinajstić information content (AvgIpc) is 3.19. The Hall–Kier alpha value is -1.97. The van der Waals surface area contributed by atoms with E-state index in [-0.39, 0.29) is 17.2 Å². The molecule has 9 heteroatoms. The minimum absolute atomic E-state index is 0.179. The van der Waals surface area contributed by atoms with Gasteiger partial charge in [0, 0.05) is 51.2 Å². The molecule has 0 spiro atoms. The second kappa shape index (κ2) is 9.49. The van der Waals surface area contributed by atoms with E-state index >= 15 is 0 Å². The normalized spacial score (nSPS) is 16.4. The van der Waals surface area contributed by atoms with E-state index in [9.17, 15) is 12.8 Å². The van der Waals surface area contributed by atoms with Crippen molar-refractivity contribution in [1.82, 2.24) is 15.1 Å². The van der Waals surface area contributed by atoms with Crippen molar-refractivity contribution in [2.75, 3.05) is 45.5 Å². The van der Waals surface area contributed by atoms with Gasteiger partial charge in [-0.25, -0.2) is 12.8 Å². The number of aliphatic imine (C=N–C) groups is 1. The van der Waals surface area contributed by atoms with Gasteiger partial charge >= 0.3 is 0 Å². The molecule has 1 aromatic heterocycles. The van der Waals surface area contributed by atoms with E-state index in [0.29, 0.717) is 5.96 Å². The van der Waals surface area contributed by atoms with Crippen LogP contribution < -0.4 is 5.32 Å². The summed E-state index contributed by atoms with van der Waals surface area (Å²) in [5.41, 5.74) is 0. The molecule has 1 aliphatic rings. The third kappa shape index (κ3) is 5.30. The first kappa shape index (κ1) is 20.8. The number of benzene rings is 1. The van der Waals surface area contributed by atoms with Crippen LogP contribution in [0, 0.1) is 5.82 Å². The van der Waals surface area contributed by atoms with Gasteiger partial charge in [0.2, 0.25) is 0 Å². The molecule has 0 bridgehead atoms. The highest BCUT2D eigenvalue weighted by Crippen LogP contribution is 2.15. The van der Waals surface area contributed by atoms with Crippen molar-refractivity contribution in [2.45, 2.75) is 11.4 Å². The lowest BCUT2D eigenvalue weighted by Gasteiger charge is -2.36. The Morgan fingerprint density at radius 1 is 1.18 bits per heavy atom. The number of piperazine rings is 1. The Morgan fingerprint density at radius 2 is 1.93 bits per heavy atom. The van der Waals surface area contributed by atoms with Crippen molar-refractivity contribution in [3.63, 3.8) is 0 Å². The van der Waals surface area contributed by atoms with Gasteiger partial charge in [-0.3, -0.25) is 9.89 Å². The lowest BCUT2D eigenvalue weighted by atomic mass is 10.3. The van der Waals surface area contributed by atoms with Crippen LogP contribution in [0.15, 0.2) is 51.7 Å². The van der Waals surface area contributed by atoms with E-state index < -0.39 is 15.7 Å². The molecule has 1 N–H and O–H groups in total. The zero-order valence-corrected chi connectivity index (χ0v) is 17.5. The van der Waals surface area contributed by atoms with Crippen LogP contribution in [0.4, 0.5) is 4.39 Å². The predicted octanol–water partition coefficient (Wildman–Crippen LogP) is 2.05. The van der Waals surface area contributed by atoms with E-state index in [1.54, 1.807) is 18.4 Å². The number of halogens is 1. The standard InChI is InChI=1S/C19H25FN4O2S2/c1-21-19(22-8-14-28(25,26)18-7-3-2-6-17(18)20)24-11-9-23(10-12-24)15-16-5-4-13-27-16/h2-7,13H,8-12,14-15H2,1H3,(H,21,22). The summed E-state index contributed by atoms with van der Waals surface area (Å²) in [5.74, 6) is -0.223. The predicted molar refractivity (Wildman–Crippen MR) is 111 cm³/mol. The van der Waals surface area contributed by atoms with Crippen molar-refractivity contribution in [3.05, 3.63) is 52.5 Å². The number of rotatable bonds is 6. The molecule has 0 unspecified atom stereocenters. The van der Waals surface area contributed by atoms with Crippen molar-refractivity contribution in [3.8, 4) is 0 Å². The summed E-state index contributed by atoms with van der Waals surface area (Å²) in [6.07, 6.45) is 0. The Labute approximate surface area is 169 Å². The Balaban J connectivity index is 1.48. The highest BCUT2D eigenvalue weighted by molar-refractivity contribution is 7.91. The number of guanidine groups is 1. The zero-order valence-electron chi connectivity index (χ0n) is 15.8. The summed E-state index contributed by atoms with van der Waals surface area (Å²) < 4.78 is 38.5. The molecule has 1 fully saturated rings. The van der Waals surface area contributed by atoms with E-state index in [4.69, 9.17) is 0 Å². The van der Waals surface area contributed by atoms with Crippen molar-refractivity contribution < 1.29 is 12.8 Å². The fourth-order valence-corrected chi connectivity index (χ4v) is 5.17. The fraction of sp³-hybridized carbons (Fsp3) is 0.421. The third-order valence-corrected chi connectivity index (χ3v) is 7.27. The van der Waals surface area contributed by atoms with E-state index in [0.717, 1.165) is 38.8 Å². The molecule has 0 atom stereocenters. The van der Waals surface area contributed by atoms with Crippen molar-refractivity contribution in [1.29, 1.82) is 0 Å². The molecule has 3 rings (SSSR count). The topological polar surface area (TPSA) is 65.0 Å². The molecule has 0 aliphatic carbocycles. The SMILES string of the molecule is CN=C(NCCS(=O)(=O)c1ccccc1F)N1CCN(Cc2cccs2)CC1. The van der Waals surface area contributed by atoms with Gasteiger partial charge in [-0.2, -0.15) is 0 Å². The van der Waals surface area contributed by atoms with Gasteiger partial charge in [-0.15, -0.1) is 11.3 Å². The number of thiophene rings is 1. The summed E-state index contributed by atoms with van der Waals surface area (Å²) in [4.78, 5) is 9.90. The van der Waals surface area contributed by atoms with Gasteiger partial charge in [0.15, 0.2) is 15.8 Å². The van der Waals surface area contributed by atoms with Crippen LogP contribution in [0.25, 0.3) is 0 Å². The largest absolute Gasteiger partial charge is 0.355 e. The van der Waals surface area contributed by atoms with E-state index in [1.807, 2.05) is 0 Å². The van der Waals surface area contributed by atoms with Crippen LogP contribution in [-0.4, -0.2) is 69.7 Å². The lowest BCUT2D eigenvalue weighted by molar-refractivity contribution is 0.174. The third-order valence-electron chi connectivity index (χ3n) is 4.67. The molecular weight excluding hydrogens is 399 g/mol. The molecule has 2 aromatic rings. The molecule has 0 amide bonds. The van der Waals surface area contributed by atoms with Gasteiger partial charge in [-0.1, -0.05) is 18.2 Å². The zero-order chi connectivity index (χ0) is 20.0. The fourth-order valence-electron chi connectivity index (χ4n) is 3.18. The van der Waals surface area contributed by atoms with E-state index in [2.05, 4.69) is 37.6 Å². The Kier molecular flexibility index (Phi) is 7.03. The Morgan fingerprint density at radius 3 is 2.57 bits per heavy atom. The highest BCUT2D eigenvalue weighted by atomic mass is 32.2. The first-order valence-electron chi connectivity index (χ1n) is 9.17. The van der Waals surface area contributed by atoms with Crippen LogP contribution in [0.1, 0.15) is 4.88 Å². The Bertz CT molecular complexity index is 892. The maximum Gasteiger partial charge on any atom is 0.193 e. The van der Waals surface area contributed by atoms with Gasteiger partial charge in [0.05, 0.1) is 5.75 Å². The number of hydrogen-bond donors (Lipinski definition) is 1. The summed E-state index contributed by atoms with van der Waals surface area (Å²) in [6, 6.07) is 9.68. The smallest absolute Gasteiger partial charge is 0.193 e. The monoisotopic (exact) mass is 424 g/mol. The van der Waals surface area contributed by atoms with Crippen LogP contribution in [0.3, 0.4) is 0 Å².